The Hall–Kier alpha value is -0.800. The van der Waals surface area contributed by atoms with Gasteiger partial charge < -0.3 is 4.74 Å². The fourth-order valence-electron chi connectivity index (χ4n) is 2.25. The van der Waals surface area contributed by atoms with Gasteiger partial charge in [-0.2, -0.15) is 0 Å². The predicted octanol–water partition coefficient (Wildman–Crippen LogP) is -0.0492. The van der Waals surface area contributed by atoms with E-state index in [1.807, 2.05) is 4.72 Å². The van der Waals surface area contributed by atoms with Gasteiger partial charge in [-0.25, -0.2) is 17.2 Å². The third kappa shape index (κ3) is 3.64. The first-order valence-electron chi connectivity index (χ1n) is 6.55. The highest BCUT2D eigenvalue weighted by Gasteiger charge is 2.37. The molecular formula is C11H18F2N2O4S. The van der Waals surface area contributed by atoms with Gasteiger partial charge in [0.25, 0.3) is 12.3 Å². The second-order valence-electron chi connectivity index (χ2n) is 5.04. The quantitative estimate of drug-likeness (QED) is 0.770. The number of carbonyl (C=O) groups is 1. The topological polar surface area (TPSA) is 75.7 Å². The van der Waals surface area contributed by atoms with Crippen molar-refractivity contribution in [1.29, 1.82) is 0 Å². The molecule has 2 rings (SSSR count). The van der Waals surface area contributed by atoms with Gasteiger partial charge in [-0.3, -0.25) is 14.4 Å². The Balaban J connectivity index is 1.98. The summed E-state index contributed by atoms with van der Waals surface area (Å²) in [5.41, 5.74) is 0. The van der Waals surface area contributed by atoms with Crippen LogP contribution in [0, 0.1) is 0 Å². The van der Waals surface area contributed by atoms with Crippen molar-refractivity contribution in [3.05, 3.63) is 0 Å². The number of carbonyl (C=O) groups excluding carboxylic acids is 1. The summed E-state index contributed by atoms with van der Waals surface area (Å²) in [5.74, 6) is -0.780. The van der Waals surface area contributed by atoms with E-state index in [0.29, 0.717) is 12.8 Å². The van der Waals surface area contributed by atoms with E-state index in [2.05, 4.69) is 0 Å². The van der Waals surface area contributed by atoms with E-state index in [-0.39, 0.29) is 19.8 Å². The van der Waals surface area contributed by atoms with Gasteiger partial charge in [-0.05, 0) is 12.8 Å². The van der Waals surface area contributed by atoms with Crippen LogP contribution >= 0.6 is 0 Å². The Labute approximate surface area is 116 Å². The lowest BCUT2D eigenvalue weighted by atomic mass is 10.0. The molecule has 20 heavy (non-hydrogen) atoms. The van der Waals surface area contributed by atoms with Crippen molar-refractivity contribution in [2.75, 3.05) is 26.3 Å². The molecule has 1 aliphatic heterocycles. The standard InChI is InChI=1S/C11H18F2N2O4S/c12-10(13)6-15-4-5-19-7-9(15)11(16)14-20(17,18)8-2-1-3-8/h8-10H,1-7H2,(H,14,16)/t9-/m0/s1. The highest BCUT2D eigenvalue weighted by atomic mass is 32.2. The van der Waals surface area contributed by atoms with Gasteiger partial charge in [0, 0.05) is 6.54 Å². The zero-order valence-electron chi connectivity index (χ0n) is 10.9. The van der Waals surface area contributed by atoms with E-state index in [1.165, 1.54) is 4.90 Å². The molecule has 0 bridgehead atoms. The number of rotatable bonds is 5. The first-order valence-corrected chi connectivity index (χ1v) is 8.10. The monoisotopic (exact) mass is 312 g/mol. The zero-order valence-corrected chi connectivity index (χ0v) is 11.7. The van der Waals surface area contributed by atoms with E-state index in [1.54, 1.807) is 0 Å². The maximum atomic E-state index is 12.5. The minimum Gasteiger partial charge on any atom is -0.378 e. The number of sulfonamides is 1. The van der Waals surface area contributed by atoms with Crippen molar-refractivity contribution in [3.8, 4) is 0 Å². The van der Waals surface area contributed by atoms with Gasteiger partial charge in [0.05, 0.1) is 25.0 Å². The Kier molecular flexibility index (Phi) is 4.92. The Morgan fingerprint density at radius 2 is 2.10 bits per heavy atom. The number of nitrogens with zero attached hydrogens (tertiary/aromatic N) is 1. The number of nitrogens with one attached hydrogen (secondary N) is 1. The van der Waals surface area contributed by atoms with Crippen LogP contribution in [-0.4, -0.2) is 63.2 Å². The SMILES string of the molecule is O=C(NS(=O)(=O)C1CCC1)[C@@H]1COCCN1CC(F)F. The van der Waals surface area contributed by atoms with Crippen molar-refractivity contribution in [2.45, 2.75) is 37.0 Å². The number of hydrogen-bond acceptors (Lipinski definition) is 5. The van der Waals surface area contributed by atoms with E-state index < -0.39 is 40.2 Å². The second-order valence-corrected chi connectivity index (χ2v) is 7.00. The fraction of sp³-hybridized carbons (Fsp3) is 0.909. The lowest BCUT2D eigenvalue weighted by molar-refractivity contribution is -0.132. The fourth-order valence-corrected chi connectivity index (χ4v) is 3.79. The predicted molar refractivity (Wildman–Crippen MR) is 66.9 cm³/mol. The largest absolute Gasteiger partial charge is 0.378 e. The molecule has 0 radical (unpaired) electrons. The van der Waals surface area contributed by atoms with Crippen molar-refractivity contribution < 1.29 is 26.7 Å². The third-order valence-corrected chi connectivity index (χ3v) is 5.48. The van der Waals surface area contributed by atoms with Gasteiger partial charge >= 0.3 is 0 Å². The number of morpholine rings is 1. The zero-order chi connectivity index (χ0) is 14.8. The molecule has 1 saturated carbocycles. The third-order valence-electron chi connectivity index (χ3n) is 3.65. The molecule has 116 valence electrons. The van der Waals surface area contributed by atoms with Crippen LogP contribution in [0.2, 0.25) is 0 Å². The summed E-state index contributed by atoms with van der Waals surface area (Å²) in [7, 11) is -3.69. The number of ether oxygens (including phenoxy) is 1. The molecule has 6 nitrogen and oxygen atoms in total. The molecule has 1 heterocycles. The van der Waals surface area contributed by atoms with Crippen LogP contribution in [0.3, 0.4) is 0 Å². The van der Waals surface area contributed by atoms with Gasteiger partial charge in [-0.15, -0.1) is 0 Å². The summed E-state index contributed by atoms with van der Waals surface area (Å²) in [6, 6.07) is -0.979. The summed E-state index contributed by atoms with van der Waals surface area (Å²) < 4.78 is 55.7. The van der Waals surface area contributed by atoms with E-state index in [4.69, 9.17) is 4.74 Å². The molecule has 9 heteroatoms. The molecule has 1 atom stereocenters. The molecule has 1 aliphatic carbocycles. The minimum absolute atomic E-state index is 0.0707. The number of halogens is 2. The molecule has 1 saturated heterocycles. The number of amides is 1. The normalized spacial score (nSPS) is 25.4. The van der Waals surface area contributed by atoms with Crippen molar-refractivity contribution in [2.24, 2.45) is 0 Å². The average molecular weight is 312 g/mol. The Morgan fingerprint density at radius 3 is 2.65 bits per heavy atom. The van der Waals surface area contributed by atoms with Crippen LogP contribution in [-0.2, 0) is 19.6 Å². The summed E-state index contributed by atoms with van der Waals surface area (Å²) in [6.07, 6.45) is -0.689. The van der Waals surface area contributed by atoms with Crippen LogP contribution in [0.4, 0.5) is 8.78 Å². The molecule has 0 aromatic heterocycles. The van der Waals surface area contributed by atoms with Crippen molar-refractivity contribution in [3.63, 3.8) is 0 Å². The second kappa shape index (κ2) is 6.31. The summed E-state index contributed by atoms with van der Waals surface area (Å²) in [6.45, 7) is -0.193. The van der Waals surface area contributed by atoms with E-state index in [9.17, 15) is 22.0 Å². The molecule has 0 spiro atoms. The van der Waals surface area contributed by atoms with Gasteiger partial charge in [0.2, 0.25) is 10.0 Å². The molecule has 1 N–H and O–H groups in total. The first kappa shape index (κ1) is 15.6. The van der Waals surface area contributed by atoms with Crippen molar-refractivity contribution >= 4 is 15.9 Å². The first-order chi connectivity index (χ1) is 9.40. The van der Waals surface area contributed by atoms with Gasteiger partial charge in [-0.1, -0.05) is 6.42 Å². The maximum Gasteiger partial charge on any atom is 0.253 e. The maximum absolute atomic E-state index is 12.5. The lowest BCUT2D eigenvalue weighted by Crippen LogP contribution is -2.57. The van der Waals surface area contributed by atoms with Gasteiger partial charge in [0.1, 0.15) is 6.04 Å². The molecular weight excluding hydrogens is 294 g/mol. The summed E-state index contributed by atoms with van der Waals surface area (Å²) in [4.78, 5) is 13.3. The van der Waals surface area contributed by atoms with Gasteiger partial charge in [0.15, 0.2) is 0 Å². The van der Waals surface area contributed by atoms with Crippen LogP contribution in [0.15, 0.2) is 0 Å². The van der Waals surface area contributed by atoms with Crippen LogP contribution in [0.1, 0.15) is 19.3 Å². The van der Waals surface area contributed by atoms with E-state index >= 15 is 0 Å². The minimum atomic E-state index is -3.69. The Bertz CT molecular complexity index is 453. The number of alkyl halides is 2. The average Bonchev–Trinajstić information content (AvgIpc) is 2.24. The molecule has 1 amide bonds. The van der Waals surface area contributed by atoms with Crippen LogP contribution in [0.25, 0.3) is 0 Å². The van der Waals surface area contributed by atoms with E-state index in [0.717, 1.165) is 6.42 Å². The summed E-state index contributed by atoms with van der Waals surface area (Å²) in [5, 5.41) is -0.542. The lowest BCUT2D eigenvalue weighted by Gasteiger charge is -2.34. The van der Waals surface area contributed by atoms with Crippen molar-refractivity contribution in [1.82, 2.24) is 9.62 Å². The molecule has 0 unspecified atom stereocenters. The highest BCUT2D eigenvalue weighted by molar-refractivity contribution is 7.90. The number of hydrogen-bond donors (Lipinski definition) is 1. The van der Waals surface area contributed by atoms with Crippen LogP contribution in [0.5, 0.6) is 0 Å². The summed E-state index contributed by atoms with van der Waals surface area (Å²) >= 11 is 0. The molecule has 0 aromatic carbocycles. The highest BCUT2D eigenvalue weighted by Crippen LogP contribution is 2.25. The molecule has 2 aliphatic rings. The molecule has 2 fully saturated rings. The Morgan fingerprint density at radius 1 is 1.40 bits per heavy atom. The smallest absolute Gasteiger partial charge is 0.253 e. The molecule has 0 aromatic rings. The van der Waals surface area contributed by atoms with Crippen LogP contribution < -0.4 is 4.72 Å².